The van der Waals surface area contributed by atoms with Gasteiger partial charge in [-0.25, -0.2) is 0 Å². The summed E-state index contributed by atoms with van der Waals surface area (Å²) < 4.78 is 0. The second-order valence-electron chi connectivity index (χ2n) is 2.73. The summed E-state index contributed by atoms with van der Waals surface area (Å²) in [5.41, 5.74) is 0.558. The molecule has 0 atom stereocenters. The van der Waals surface area contributed by atoms with Crippen LogP contribution in [0.4, 0.5) is 5.69 Å². The minimum Gasteiger partial charge on any atom is -0.862 e. The Morgan fingerprint density at radius 2 is 1.87 bits per heavy atom. The molecule has 1 aromatic carbocycles. The summed E-state index contributed by atoms with van der Waals surface area (Å²) in [6, 6.07) is 8.74. The van der Waals surface area contributed by atoms with Crippen molar-refractivity contribution < 1.29 is 44.6 Å². The van der Waals surface area contributed by atoms with Crippen LogP contribution in [-0.4, -0.2) is 17.0 Å². The van der Waals surface area contributed by atoms with Gasteiger partial charge < -0.3 is 10.2 Å². The number of carboxylic acids is 1. The van der Waals surface area contributed by atoms with E-state index in [4.69, 9.17) is 5.11 Å². The number of hydrogen-bond donors (Lipinski definition) is 1. The zero-order chi connectivity index (χ0) is 10.4. The number of para-hydroxylation sites is 1. The molecule has 15 heavy (non-hydrogen) atoms. The van der Waals surface area contributed by atoms with Crippen LogP contribution in [0.25, 0.3) is 0 Å². The molecule has 0 radical (unpaired) electrons. The first-order valence-electron chi connectivity index (χ1n) is 4.20. The molecule has 0 aromatic heterocycles. The Morgan fingerprint density at radius 1 is 1.27 bits per heavy atom. The summed E-state index contributed by atoms with van der Waals surface area (Å²) >= 11 is 0. The fourth-order valence-corrected chi connectivity index (χ4v) is 0.916. The summed E-state index contributed by atoms with van der Waals surface area (Å²) in [7, 11) is 0. The van der Waals surface area contributed by atoms with Crippen LogP contribution >= 0.6 is 0 Å². The second kappa shape index (κ2) is 7.45. The Kier molecular flexibility index (Phi) is 7.03. The van der Waals surface area contributed by atoms with Crippen molar-refractivity contribution in [2.75, 3.05) is 0 Å². The molecule has 0 aliphatic heterocycles. The Balaban J connectivity index is 0.00000196. The minimum atomic E-state index is -0.985. The molecule has 0 saturated carbocycles. The largest absolute Gasteiger partial charge is 1.00 e. The SMILES string of the molecule is O=C(O)CCC([O-])=Nc1ccccc1.[Na+]. The zero-order valence-corrected chi connectivity index (χ0v) is 10.5. The maximum atomic E-state index is 11.1. The third kappa shape index (κ3) is 6.28. The van der Waals surface area contributed by atoms with Gasteiger partial charge in [-0.05, 0) is 24.5 Å². The first-order chi connectivity index (χ1) is 6.68. The van der Waals surface area contributed by atoms with Crippen LogP contribution in [0.3, 0.4) is 0 Å². The van der Waals surface area contributed by atoms with Crippen molar-refractivity contribution in [1.29, 1.82) is 0 Å². The summed E-state index contributed by atoms with van der Waals surface area (Å²) in [6.45, 7) is 0. The van der Waals surface area contributed by atoms with Gasteiger partial charge in [0, 0.05) is 6.42 Å². The number of carboxylic acid groups (broad SMARTS) is 1. The molecule has 5 heteroatoms. The molecule has 0 heterocycles. The van der Waals surface area contributed by atoms with Gasteiger partial charge in [0.15, 0.2) is 0 Å². The van der Waals surface area contributed by atoms with Gasteiger partial charge in [0.2, 0.25) is 0 Å². The van der Waals surface area contributed by atoms with Gasteiger partial charge in [-0.15, -0.1) is 0 Å². The minimum absolute atomic E-state index is 0. The van der Waals surface area contributed by atoms with Crippen molar-refractivity contribution in [3.63, 3.8) is 0 Å². The number of carbonyl (C=O) groups is 1. The summed E-state index contributed by atoms with van der Waals surface area (Å²) in [6.07, 6.45) is -0.223. The van der Waals surface area contributed by atoms with Crippen molar-refractivity contribution in [2.24, 2.45) is 4.99 Å². The van der Waals surface area contributed by atoms with Crippen LogP contribution in [0.1, 0.15) is 12.8 Å². The fraction of sp³-hybridized carbons (Fsp3) is 0.200. The summed E-state index contributed by atoms with van der Waals surface area (Å²) in [4.78, 5) is 13.9. The van der Waals surface area contributed by atoms with E-state index < -0.39 is 11.9 Å². The molecule has 0 aliphatic rings. The van der Waals surface area contributed by atoms with Crippen LogP contribution in [0.5, 0.6) is 0 Å². The number of aliphatic imine (C=N–C) groups is 1. The monoisotopic (exact) mass is 215 g/mol. The standard InChI is InChI=1S/C10H11NO3.Na/c12-9(6-7-10(13)14)11-8-4-2-1-3-5-8;/h1-5H,6-7H2,(H,11,12)(H,13,14);/q;+1/p-1. The van der Waals surface area contributed by atoms with Crippen molar-refractivity contribution >= 4 is 17.6 Å². The zero-order valence-electron chi connectivity index (χ0n) is 8.51. The molecule has 0 amide bonds. The van der Waals surface area contributed by atoms with Crippen LogP contribution < -0.4 is 34.7 Å². The van der Waals surface area contributed by atoms with Gasteiger partial charge in [0.05, 0.1) is 5.69 Å². The van der Waals surface area contributed by atoms with Crippen molar-refractivity contribution in [3.8, 4) is 0 Å². The van der Waals surface area contributed by atoms with Crippen molar-refractivity contribution in [1.82, 2.24) is 0 Å². The van der Waals surface area contributed by atoms with Crippen LogP contribution in [0, 0.1) is 0 Å². The van der Waals surface area contributed by atoms with Crippen LogP contribution in [0.15, 0.2) is 35.3 Å². The normalized spacial score (nSPS) is 10.5. The predicted octanol–water partition coefficient (Wildman–Crippen LogP) is -2.05. The maximum Gasteiger partial charge on any atom is 1.00 e. The quantitative estimate of drug-likeness (QED) is 0.357. The van der Waals surface area contributed by atoms with E-state index in [2.05, 4.69) is 4.99 Å². The average molecular weight is 215 g/mol. The van der Waals surface area contributed by atoms with Gasteiger partial charge in [0.1, 0.15) is 0 Å². The molecule has 0 fully saturated rings. The van der Waals surface area contributed by atoms with Gasteiger partial charge in [-0.3, -0.25) is 9.79 Å². The molecular formula is C10H10NNaO3. The second-order valence-corrected chi connectivity index (χ2v) is 2.73. The molecule has 74 valence electrons. The molecule has 1 aromatic rings. The third-order valence-corrected chi connectivity index (χ3v) is 1.56. The first kappa shape index (κ1) is 14.2. The van der Waals surface area contributed by atoms with Crippen molar-refractivity contribution in [2.45, 2.75) is 12.8 Å². The number of rotatable bonds is 4. The third-order valence-electron chi connectivity index (χ3n) is 1.56. The number of hydrogen-bond acceptors (Lipinski definition) is 3. The van der Waals surface area contributed by atoms with E-state index in [-0.39, 0.29) is 42.4 Å². The van der Waals surface area contributed by atoms with E-state index in [1.807, 2.05) is 6.07 Å². The van der Waals surface area contributed by atoms with E-state index >= 15 is 0 Å². The summed E-state index contributed by atoms with van der Waals surface area (Å²) in [5, 5.41) is 19.4. The number of nitrogens with zero attached hydrogens (tertiary/aromatic N) is 1. The van der Waals surface area contributed by atoms with E-state index in [0.717, 1.165) is 0 Å². The van der Waals surface area contributed by atoms with Crippen LogP contribution in [-0.2, 0) is 4.79 Å². The summed E-state index contributed by atoms with van der Waals surface area (Å²) in [5.74, 6) is -1.39. The molecule has 0 aliphatic carbocycles. The fourth-order valence-electron chi connectivity index (χ4n) is 0.916. The maximum absolute atomic E-state index is 11.1. The molecule has 0 bridgehead atoms. The molecule has 0 spiro atoms. The Hall–Kier alpha value is -0.840. The smallest absolute Gasteiger partial charge is 0.862 e. The molecule has 1 rings (SSSR count). The number of aliphatic carboxylic acids is 1. The van der Waals surface area contributed by atoms with Crippen molar-refractivity contribution in [3.05, 3.63) is 30.3 Å². The van der Waals surface area contributed by atoms with E-state index in [1.54, 1.807) is 24.3 Å². The molecular weight excluding hydrogens is 205 g/mol. The van der Waals surface area contributed by atoms with Gasteiger partial charge in [-0.2, -0.15) is 0 Å². The van der Waals surface area contributed by atoms with Gasteiger partial charge in [0.25, 0.3) is 0 Å². The Bertz CT molecular complexity index is 338. The Labute approximate surface area is 110 Å². The molecule has 1 N–H and O–H groups in total. The Morgan fingerprint density at radius 3 is 2.40 bits per heavy atom. The molecule has 0 unspecified atom stereocenters. The van der Waals surface area contributed by atoms with E-state index in [9.17, 15) is 9.90 Å². The number of benzene rings is 1. The van der Waals surface area contributed by atoms with E-state index in [0.29, 0.717) is 5.69 Å². The van der Waals surface area contributed by atoms with Crippen LogP contribution in [0.2, 0.25) is 0 Å². The van der Waals surface area contributed by atoms with Gasteiger partial charge in [-0.1, -0.05) is 18.2 Å². The molecule has 4 nitrogen and oxygen atoms in total. The van der Waals surface area contributed by atoms with E-state index in [1.165, 1.54) is 0 Å². The molecule has 0 saturated heterocycles. The predicted molar refractivity (Wildman–Crippen MR) is 50.4 cm³/mol. The topological polar surface area (TPSA) is 72.7 Å². The van der Waals surface area contributed by atoms with Gasteiger partial charge >= 0.3 is 35.5 Å². The first-order valence-corrected chi connectivity index (χ1v) is 4.20. The average Bonchev–Trinajstić information content (AvgIpc) is 2.16.